The second-order valence-corrected chi connectivity index (χ2v) is 4.83. The molecule has 20 heavy (non-hydrogen) atoms. The van der Waals surface area contributed by atoms with Gasteiger partial charge in [-0.15, -0.1) is 5.10 Å². The van der Waals surface area contributed by atoms with Crippen LogP contribution in [0.5, 0.6) is 0 Å². The zero-order valence-corrected chi connectivity index (χ0v) is 11.2. The van der Waals surface area contributed by atoms with Crippen molar-refractivity contribution in [1.29, 1.82) is 0 Å². The number of rotatable bonds is 4. The van der Waals surface area contributed by atoms with Crippen LogP contribution < -0.4 is 10.6 Å². The lowest BCUT2D eigenvalue weighted by atomic mass is 9.99. The Morgan fingerprint density at radius 1 is 1.45 bits per heavy atom. The summed E-state index contributed by atoms with van der Waals surface area (Å²) in [6.07, 6.45) is 4.71. The summed E-state index contributed by atoms with van der Waals surface area (Å²) < 4.78 is 1.66. The van der Waals surface area contributed by atoms with E-state index in [1.54, 1.807) is 17.1 Å². The van der Waals surface area contributed by atoms with Crippen LogP contribution in [0.3, 0.4) is 0 Å². The lowest BCUT2D eigenvalue weighted by Crippen LogP contribution is -2.25. The third kappa shape index (κ3) is 2.85. The highest BCUT2D eigenvalue weighted by atomic mass is 16.1. The predicted molar refractivity (Wildman–Crippen MR) is 75.1 cm³/mol. The number of carbonyl (C=O) groups excluding carboxylic acids is 1. The molecule has 0 atom stereocenters. The van der Waals surface area contributed by atoms with Crippen LogP contribution in [0.2, 0.25) is 0 Å². The minimum absolute atomic E-state index is 0.00688. The van der Waals surface area contributed by atoms with E-state index in [-0.39, 0.29) is 5.91 Å². The van der Waals surface area contributed by atoms with Crippen LogP contribution in [0.4, 0.5) is 5.69 Å². The van der Waals surface area contributed by atoms with E-state index in [1.807, 2.05) is 12.1 Å². The Kier molecular flexibility index (Phi) is 3.73. The van der Waals surface area contributed by atoms with Gasteiger partial charge in [-0.05, 0) is 30.2 Å². The summed E-state index contributed by atoms with van der Waals surface area (Å²) in [4.78, 5) is 12.0. The van der Waals surface area contributed by atoms with Gasteiger partial charge in [0.1, 0.15) is 0 Å². The molecule has 1 aromatic heterocycles. The second-order valence-electron chi connectivity index (χ2n) is 4.83. The molecule has 1 aliphatic rings. The summed E-state index contributed by atoms with van der Waals surface area (Å²) in [5.41, 5.74) is 3.46. The Morgan fingerprint density at radius 2 is 2.40 bits per heavy atom. The van der Waals surface area contributed by atoms with Crippen molar-refractivity contribution < 1.29 is 4.79 Å². The van der Waals surface area contributed by atoms with Crippen LogP contribution in [0.25, 0.3) is 0 Å². The number of nitrogens with one attached hydrogen (secondary N) is 2. The van der Waals surface area contributed by atoms with Crippen molar-refractivity contribution in [2.45, 2.75) is 25.9 Å². The smallest absolute Gasteiger partial charge is 0.226 e. The van der Waals surface area contributed by atoms with Gasteiger partial charge >= 0.3 is 0 Å². The van der Waals surface area contributed by atoms with Crippen molar-refractivity contribution in [3.63, 3.8) is 0 Å². The molecule has 2 aromatic rings. The van der Waals surface area contributed by atoms with Gasteiger partial charge in [0.2, 0.25) is 5.91 Å². The first kappa shape index (κ1) is 12.8. The molecule has 0 saturated heterocycles. The number of benzene rings is 1. The molecule has 0 unspecified atom stereocenters. The zero-order chi connectivity index (χ0) is 13.8. The van der Waals surface area contributed by atoms with E-state index in [2.05, 4.69) is 27.0 Å². The Hall–Kier alpha value is -2.21. The molecule has 2 N–H and O–H groups in total. The van der Waals surface area contributed by atoms with E-state index in [9.17, 15) is 4.79 Å². The number of nitrogens with zero attached hydrogens (tertiary/aromatic N) is 3. The quantitative estimate of drug-likeness (QED) is 0.868. The lowest BCUT2D eigenvalue weighted by Gasteiger charge is -2.20. The first-order chi connectivity index (χ1) is 9.83. The molecule has 1 aromatic carbocycles. The fourth-order valence-electron chi connectivity index (χ4n) is 2.43. The first-order valence-electron chi connectivity index (χ1n) is 6.78. The van der Waals surface area contributed by atoms with Crippen LogP contribution in [-0.2, 0) is 24.3 Å². The minimum Gasteiger partial charge on any atom is -0.326 e. The molecule has 6 nitrogen and oxygen atoms in total. The SMILES string of the molecule is O=C(CCn1ccnn1)Nc1cccc2c1CCNC2. The van der Waals surface area contributed by atoms with Crippen LogP contribution in [0, 0.1) is 0 Å². The molecular weight excluding hydrogens is 254 g/mol. The lowest BCUT2D eigenvalue weighted by molar-refractivity contribution is -0.116. The van der Waals surface area contributed by atoms with Gasteiger partial charge in [-0.1, -0.05) is 17.3 Å². The zero-order valence-electron chi connectivity index (χ0n) is 11.2. The van der Waals surface area contributed by atoms with Gasteiger partial charge < -0.3 is 10.6 Å². The number of aromatic nitrogens is 3. The maximum absolute atomic E-state index is 12.0. The molecule has 0 fully saturated rings. The van der Waals surface area contributed by atoms with Gasteiger partial charge in [-0.3, -0.25) is 9.48 Å². The van der Waals surface area contributed by atoms with E-state index >= 15 is 0 Å². The Balaban J connectivity index is 1.64. The van der Waals surface area contributed by atoms with E-state index in [0.717, 1.165) is 25.2 Å². The topological polar surface area (TPSA) is 71.8 Å². The average Bonchev–Trinajstić information content (AvgIpc) is 2.99. The van der Waals surface area contributed by atoms with Gasteiger partial charge in [0.05, 0.1) is 12.7 Å². The van der Waals surface area contributed by atoms with Crippen molar-refractivity contribution >= 4 is 11.6 Å². The highest BCUT2D eigenvalue weighted by Gasteiger charge is 2.13. The summed E-state index contributed by atoms with van der Waals surface area (Å²) >= 11 is 0. The van der Waals surface area contributed by atoms with Gasteiger partial charge in [0.25, 0.3) is 0 Å². The third-order valence-electron chi connectivity index (χ3n) is 3.45. The minimum atomic E-state index is 0.00688. The van der Waals surface area contributed by atoms with Crippen LogP contribution in [-0.4, -0.2) is 27.4 Å². The Morgan fingerprint density at radius 3 is 3.25 bits per heavy atom. The van der Waals surface area contributed by atoms with Crippen molar-refractivity contribution in [2.24, 2.45) is 0 Å². The fraction of sp³-hybridized carbons (Fsp3) is 0.357. The van der Waals surface area contributed by atoms with E-state index in [4.69, 9.17) is 0 Å². The third-order valence-corrected chi connectivity index (χ3v) is 3.45. The molecule has 2 heterocycles. The molecule has 6 heteroatoms. The van der Waals surface area contributed by atoms with Crippen molar-refractivity contribution in [3.8, 4) is 0 Å². The Bertz CT molecular complexity index is 594. The van der Waals surface area contributed by atoms with Crippen molar-refractivity contribution in [2.75, 3.05) is 11.9 Å². The Labute approximate surface area is 117 Å². The van der Waals surface area contributed by atoms with Gasteiger partial charge in [0.15, 0.2) is 0 Å². The summed E-state index contributed by atoms with van der Waals surface area (Å²) in [5, 5.41) is 13.9. The maximum atomic E-state index is 12.0. The molecule has 0 aliphatic carbocycles. The number of carbonyl (C=O) groups is 1. The standard InChI is InChI=1S/C14H17N5O/c20-14(5-8-19-9-7-16-18-19)17-13-3-1-2-11-10-15-6-4-12(11)13/h1-3,7,9,15H,4-6,8,10H2,(H,17,20). The number of hydrogen-bond donors (Lipinski definition) is 2. The largest absolute Gasteiger partial charge is 0.326 e. The molecule has 0 bridgehead atoms. The van der Waals surface area contributed by atoms with Crippen LogP contribution in [0.1, 0.15) is 17.5 Å². The molecule has 1 aliphatic heterocycles. The molecule has 0 saturated carbocycles. The monoisotopic (exact) mass is 271 g/mol. The molecule has 0 radical (unpaired) electrons. The van der Waals surface area contributed by atoms with Gasteiger partial charge in [0, 0.05) is 24.8 Å². The first-order valence-corrected chi connectivity index (χ1v) is 6.78. The molecular formula is C14H17N5O. The normalized spacial score (nSPS) is 13.8. The van der Waals surface area contributed by atoms with Gasteiger partial charge in [-0.25, -0.2) is 0 Å². The maximum Gasteiger partial charge on any atom is 0.226 e. The number of aryl methyl sites for hydroxylation is 1. The van der Waals surface area contributed by atoms with Gasteiger partial charge in [-0.2, -0.15) is 0 Å². The van der Waals surface area contributed by atoms with Crippen LogP contribution >= 0.6 is 0 Å². The van der Waals surface area contributed by atoms with E-state index in [1.165, 1.54) is 11.1 Å². The van der Waals surface area contributed by atoms with Crippen molar-refractivity contribution in [1.82, 2.24) is 20.3 Å². The van der Waals surface area contributed by atoms with E-state index < -0.39 is 0 Å². The second kappa shape index (κ2) is 5.83. The predicted octanol–water partition coefficient (Wildman–Crippen LogP) is 0.953. The molecule has 104 valence electrons. The summed E-state index contributed by atoms with van der Waals surface area (Å²) in [7, 11) is 0. The summed E-state index contributed by atoms with van der Waals surface area (Å²) in [6, 6.07) is 6.06. The highest BCUT2D eigenvalue weighted by Crippen LogP contribution is 2.23. The molecule has 3 rings (SSSR count). The molecule has 0 spiro atoms. The number of amides is 1. The van der Waals surface area contributed by atoms with Crippen molar-refractivity contribution in [3.05, 3.63) is 41.7 Å². The fourth-order valence-corrected chi connectivity index (χ4v) is 2.43. The number of fused-ring (bicyclic) bond motifs is 1. The highest BCUT2D eigenvalue weighted by molar-refractivity contribution is 5.91. The number of anilines is 1. The van der Waals surface area contributed by atoms with E-state index in [0.29, 0.717) is 13.0 Å². The summed E-state index contributed by atoms with van der Waals surface area (Å²) in [6.45, 7) is 2.37. The molecule has 1 amide bonds. The average molecular weight is 271 g/mol. The summed E-state index contributed by atoms with van der Waals surface area (Å²) in [5.74, 6) is 0.00688. The number of hydrogen-bond acceptors (Lipinski definition) is 4. The van der Waals surface area contributed by atoms with Crippen LogP contribution in [0.15, 0.2) is 30.6 Å².